The van der Waals surface area contributed by atoms with Crippen LogP contribution in [0.15, 0.2) is 12.5 Å². The van der Waals surface area contributed by atoms with Gasteiger partial charge in [-0.1, -0.05) is 13.8 Å². The molecule has 2 heterocycles. The summed E-state index contributed by atoms with van der Waals surface area (Å²) in [7, 11) is 0. The van der Waals surface area contributed by atoms with Crippen molar-refractivity contribution in [2.75, 3.05) is 19.6 Å². The van der Waals surface area contributed by atoms with Gasteiger partial charge in [-0.05, 0) is 11.8 Å². The molecule has 0 saturated carbocycles. The predicted molar refractivity (Wildman–Crippen MR) is 65.6 cm³/mol. The summed E-state index contributed by atoms with van der Waals surface area (Å²) in [6.45, 7) is 7.28. The van der Waals surface area contributed by atoms with E-state index in [2.05, 4.69) is 18.8 Å². The van der Waals surface area contributed by atoms with E-state index < -0.39 is 0 Å². The second kappa shape index (κ2) is 4.49. The zero-order valence-corrected chi connectivity index (χ0v) is 10.5. The van der Waals surface area contributed by atoms with Crippen molar-refractivity contribution in [2.45, 2.75) is 26.8 Å². The molecule has 1 aromatic heterocycles. The first-order chi connectivity index (χ1) is 8.02. The van der Waals surface area contributed by atoms with Crippen molar-refractivity contribution in [3.8, 4) is 0 Å². The lowest BCUT2D eigenvalue weighted by atomic mass is 9.93. The molecule has 5 nitrogen and oxygen atoms in total. The van der Waals surface area contributed by atoms with Crippen molar-refractivity contribution in [3.05, 3.63) is 18.2 Å². The van der Waals surface area contributed by atoms with Crippen molar-refractivity contribution in [1.82, 2.24) is 14.5 Å². The standard InChI is InChI=1S/C12H20N4O/c1-12(2)3-5-16(8-12)11(17)10-7-15(6-4-13)9-14-10/h7,9H,3-6,8,13H2,1-2H3. The van der Waals surface area contributed by atoms with Gasteiger partial charge in [-0.25, -0.2) is 4.98 Å². The summed E-state index contributed by atoms with van der Waals surface area (Å²) in [5.74, 6) is 0.0337. The highest BCUT2D eigenvalue weighted by Crippen LogP contribution is 2.29. The van der Waals surface area contributed by atoms with E-state index in [9.17, 15) is 4.79 Å². The van der Waals surface area contributed by atoms with E-state index >= 15 is 0 Å². The highest BCUT2D eigenvalue weighted by molar-refractivity contribution is 5.92. The molecule has 1 aromatic rings. The van der Waals surface area contributed by atoms with Gasteiger partial charge < -0.3 is 15.2 Å². The van der Waals surface area contributed by atoms with Crippen molar-refractivity contribution >= 4 is 5.91 Å². The maximum Gasteiger partial charge on any atom is 0.274 e. The zero-order chi connectivity index (χ0) is 12.5. The minimum atomic E-state index is 0.0337. The predicted octanol–water partition coefficient (Wildman–Crippen LogP) is 0.714. The van der Waals surface area contributed by atoms with Crippen molar-refractivity contribution < 1.29 is 4.79 Å². The first kappa shape index (κ1) is 12.1. The Morgan fingerprint density at radius 3 is 2.94 bits per heavy atom. The molecule has 94 valence electrons. The van der Waals surface area contributed by atoms with Gasteiger partial charge in [0.15, 0.2) is 0 Å². The molecule has 0 bridgehead atoms. The molecule has 0 radical (unpaired) electrons. The van der Waals surface area contributed by atoms with Crippen LogP contribution in [0.25, 0.3) is 0 Å². The van der Waals surface area contributed by atoms with E-state index in [4.69, 9.17) is 5.73 Å². The Morgan fingerprint density at radius 1 is 1.59 bits per heavy atom. The zero-order valence-electron chi connectivity index (χ0n) is 10.5. The van der Waals surface area contributed by atoms with Crippen LogP contribution in [0.3, 0.4) is 0 Å². The minimum absolute atomic E-state index is 0.0337. The molecule has 0 spiro atoms. The van der Waals surface area contributed by atoms with E-state index in [1.54, 1.807) is 12.5 Å². The van der Waals surface area contributed by atoms with Crippen LogP contribution in [0.5, 0.6) is 0 Å². The van der Waals surface area contributed by atoms with Gasteiger partial charge in [0.2, 0.25) is 0 Å². The summed E-state index contributed by atoms with van der Waals surface area (Å²) in [6.07, 6.45) is 4.50. The molecule has 1 aliphatic rings. The van der Waals surface area contributed by atoms with Gasteiger partial charge in [0.1, 0.15) is 5.69 Å². The van der Waals surface area contributed by atoms with Gasteiger partial charge in [0, 0.05) is 32.4 Å². The van der Waals surface area contributed by atoms with Crippen LogP contribution in [0.2, 0.25) is 0 Å². The maximum absolute atomic E-state index is 12.2. The molecule has 1 aliphatic heterocycles. The summed E-state index contributed by atoms with van der Waals surface area (Å²) in [5.41, 5.74) is 6.22. The van der Waals surface area contributed by atoms with Crippen LogP contribution in [-0.2, 0) is 6.54 Å². The first-order valence-corrected chi connectivity index (χ1v) is 6.03. The summed E-state index contributed by atoms with van der Waals surface area (Å²) in [5, 5.41) is 0. The van der Waals surface area contributed by atoms with Gasteiger partial charge in [-0.15, -0.1) is 0 Å². The molecule has 2 N–H and O–H groups in total. The Labute approximate surface area is 102 Å². The van der Waals surface area contributed by atoms with Crippen LogP contribution in [0.1, 0.15) is 30.8 Å². The van der Waals surface area contributed by atoms with E-state index in [1.165, 1.54) is 0 Å². The number of imidazole rings is 1. The molecule has 0 unspecified atom stereocenters. The molecular formula is C12H20N4O. The Morgan fingerprint density at radius 2 is 2.35 bits per heavy atom. The lowest BCUT2D eigenvalue weighted by Crippen LogP contribution is -2.30. The van der Waals surface area contributed by atoms with E-state index in [-0.39, 0.29) is 11.3 Å². The van der Waals surface area contributed by atoms with E-state index in [1.807, 2.05) is 9.47 Å². The number of likely N-dealkylation sites (tertiary alicyclic amines) is 1. The molecular weight excluding hydrogens is 216 g/mol. The topological polar surface area (TPSA) is 64.2 Å². The molecule has 0 atom stereocenters. The fourth-order valence-electron chi connectivity index (χ4n) is 2.19. The molecule has 2 rings (SSSR count). The third-order valence-corrected chi connectivity index (χ3v) is 3.20. The minimum Gasteiger partial charge on any atom is -0.337 e. The summed E-state index contributed by atoms with van der Waals surface area (Å²) >= 11 is 0. The largest absolute Gasteiger partial charge is 0.337 e. The maximum atomic E-state index is 12.2. The van der Waals surface area contributed by atoms with Crippen LogP contribution in [0.4, 0.5) is 0 Å². The Balaban J connectivity index is 2.04. The number of carbonyl (C=O) groups excluding carboxylic acids is 1. The summed E-state index contributed by atoms with van der Waals surface area (Å²) in [4.78, 5) is 18.2. The average molecular weight is 236 g/mol. The number of amides is 1. The van der Waals surface area contributed by atoms with Crippen molar-refractivity contribution in [3.63, 3.8) is 0 Å². The van der Waals surface area contributed by atoms with E-state index in [0.717, 1.165) is 19.5 Å². The highest BCUT2D eigenvalue weighted by atomic mass is 16.2. The van der Waals surface area contributed by atoms with Crippen LogP contribution in [0, 0.1) is 5.41 Å². The average Bonchev–Trinajstić information content (AvgIpc) is 2.85. The third-order valence-electron chi connectivity index (χ3n) is 3.20. The lowest BCUT2D eigenvalue weighted by molar-refractivity contribution is 0.0773. The normalized spacial score (nSPS) is 18.6. The third kappa shape index (κ3) is 2.66. The number of aromatic nitrogens is 2. The number of hydrogen-bond acceptors (Lipinski definition) is 3. The SMILES string of the molecule is CC1(C)CCN(C(=O)c2cn(CCN)cn2)C1. The van der Waals surface area contributed by atoms with Crippen LogP contribution < -0.4 is 5.73 Å². The number of nitrogens with zero attached hydrogens (tertiary/aromatic N) is 3. The molecule has 0 aromatic carbocycles. The molecule has 1 fully saturated rings. The molecule has 1 saturated heterocycles. The Bertz CT molecular complexity index is 410. The molecule has 1 amide bonds. The number of hydrogen-bond donors (Lipinski definition) is 1. The van der Waals surface area contributed by atoms with Crippen LogP contribution >= 0.6 is 0 Å². The molecule has 0 aliphatic carbocycles. The summed E-state index contributed by atoms with van der Waals surface area (Å²) in [6, 6.07) is 0. The smallest absolute Gasteiger partial charge is 0.274 e. The first-order valence-electron chi connectivity index (χ1n) is 6.03. The quantitative estimate of drug-likeness (QED) is 0.840. The Hall–Kier alpha value is -1.36. The second-order valence-electron chi connectivity index (χ2n) is 5.43. The van der Waals surface area contributed by atoms with Crippen molar-refractivity contribution in [2.24, 2.45) is 11.1 Å². The molecule has 17 heavy (non-hydrogen) atoms. The fourth-order valence-corrected chi connectivity index (χ4v) is 2.19. The molecule has 5 heteroatoms. The lowest BCUT2D eigenvalue weighted by Gasteiger charge is -2.18. The fraction of sp³-hybridized carbons (Fsp3) is 0.667. The van der Waals surface area contributed by atoms with Gasteiger partial charge in [0.05, 0.1) is 6.33 Å². The van der Waals surface area contributed by atoms with Gasteiger partial charge >= 0.3 is 0 Å². The van der Waals surface area contributed by atoms with Crippen LogP contribution in [-0.4, -0.2) is 40.0 Å². The van der Waals surface area contributed by atoms with Crippen molar-refractivity contribution in [1.29, 1.82) is 0 Å². The van der Waals surface area contributed by atoms with Gasteiger partial charge in [-0.3, -0.25) is 4.79 Å². The number of carbonyl (C=O) groups is 1. The van der Waals surface area contributed by atoms with E-state index in [0.29, 0.717) is 18.8 Å². The monoisotopic (exact) mass is 236 g/mol. The number of nitrogens with two attached hydrogens (primary N) is 1. The number of rotatable bonds is 3. The van der Waals surface area contributed by atoms with Gasteiger partial charge in [-0.2, -0.15) is 0 Å². The van der Waals surface area contributed by atoms with Gasteiger partial charge in [0.25, 0.3) is 5.91 Å². The summed E-state index contributed by atoms with van der Waals surface area (Å²) < 4.78 is 1.86. The highest BCUT2D eigenvalue weighted by Gasteiger charge is 2.33. The second-order valence-corrected chi connectivity index (χ2v) is 5.43. The Kier molecular flexibility index (Phi) is 3.19.